The van der Waals surface area contributed by atoms with Crippen LogP contribution in [-0.2, 0) is 32.1 Å². The van der Waals surface area contributed by atoms with Gasteiger partial charge < -0.3 is 23.8 Å². The van der Waals surface area contributed by atoms with Gasteiger partial charge in [0.2, 0.25) is 11.8 Å². The van der Waals surface area contributed by atoms with Crippen molar-refractivity contribution in [2.45, 2.75) is 77.7 Å². The molecule has 0 aliphatic carbocycles. The van der Waals surface area contributed by atoms with Gasteiger partial charge in [-0.05, 0) is 48.6 Å². The van der Waals surface area contributed by atoms with Crippen molar-refractivity contribution in [3.05, 3.63) is 45.9 Å². The molecule has 5 heterocycles. The molecule has 2 aliphatic rings. The maximum absolute atomic E-state index is 13.5. The van der Waals surface area contributed by atoms with Crippen LogP contribution in [0.1, 0.15) is 73.2 Å². The first-order valence-electron chi connectivity index (χ1n) is 14.8. The van der Waals surface area contributed by atoms with Crippen LogP contribution in [0.2, 0.25) is 0 Å². The molecule has 1 atom stereocenters. The van der Waals surface area contributed by atoms with Gasteiger partial charge in [0.15, 0.2) is 17.3 Å². The summed E-state index contributed by atoms with van der Waals surface area (Å²) in [5.41, 5.74) is 2.42. The fourth-order valence-electron chi connectivity index (χ4n) is 6.21. The number of nitrogens with zero attached hydrogens (tertiary/aromatic N) is 7. The highest BCUT2D eigenvalue weighted by molar-refractivity contribution is 7.18. The molecule has 9 nitrogen and oxygen atoms in total. The number of ether oxygens (including phenoxy) is 2. The maximum Gasteiger partial charge on any atom is 0.451 e. The standard InChI is InChI=1S/C30H36F3N7O2S/c1-5-7-9-22-20-16-24(42-4)23(41-3)14-18(20)10-11-39(22)29-34-26(21-15-19(8-6-2)43-27(21)35-29)38-12-13-40-25(17-38)36-37-28(40)30(31,32)33/h14-16,22H,5-13,17H2,1-4H3. The molecular weight excluding hydrogens is 579 g/mol. The Morgan fingerprint density at radius 3 is 2.49 bits per heavy atom. The molecule has 0 amide bonds. The summed E-state index contributed by atoms with van der Waals surface area (Å²) in [6, 6.07) is 6.35. The van der Waals surface area contributed by atoms with E-state index < -0.39 is 12.0 Å². The van der Waals surface area contributed by atoms with Gasteiger partial charge in [-0.2, -0.15) is 18.2 Å². The molecule has 230 valence electrons. The SMILES string of the molecule is CCCCC1c2cc(OC)c(OC)cc2CCN1c1nc(N2CCn3c(nnc3C(F)(F)F)C2)c2cc(CCC)sc2n1. The molecule has 6 rings (SSSR count). The third-order valence-electron chi connectivity index (χ3n) is 8.31. The first kappa shape index (κ1) is 29.5. The molecule has 2 aliphatic heterocycles. The Hall–Kier alpha value is -3.61. The molecule has 0 fully saturated rings. The number of aromatic nitrogens is 5. The van der Waals surface area contributed by atoms with E-state index in [1.807, 2.05) is 4.90 Å². The lowest BCUT2D eigenvalue weighted by atomic mass is 9.89. The van der Waals surface area contributed by atoms with E-state index in [4.69, 9.17) is 19.4 Å². The number of methoxy groups -OCH3 is 2. The molecule has 0 spiro atoms. The Morgan fingerprint density at radius 1 is 0.977 bits per heavy atom. The summed E-state index contributed by atoms with van der Waals surface area (Å²) in [7, 11) is 3.30. The molecule has 4 aromatic rings. The third-order valence-corrected chi connectivity index (χ3v) is 9.39. The van der Waals surface area contributed by atoms with Gasteiger partial charge in [-0.15, -0.1) is 21.5 Å². The lowest BCUT2D eigenvalue weighted by molar-refractivity contribution is -0.147. The van der Waals surface area contributed by atoms with Crippen LogP contribution in [-0.4, -0.2) is 52.0 Å². The fourth-order valence-corrected chi connectivity index (χ4v) is 7.33. The largest absolute Gasteiger partial charge is 0.493 e. The van der Waals surface area contributed by atoms with Gasteiger partial charge in [0.05, 0.1) is 32.2 Å². The van der Waals surface area contributed by atoms with Crippen LogP contribution in [0.4, 0.5) is 24.9 Å². The molecule has 13 heteroatoms. The van der Waals surface area contributed by atoms with Crippen molar-refractivity contribution in [3.63, 3.8) is 0 Å². The van der Waals surface area contributed by atoms with Crippen LogP contribution in [0.25, 0.3) is 10.2 Å². The summed E-state index contributed by atoms with van der Waals surface area (Å²) in [5, 5.41) is 8.30. The Kier molecular flexibility index (Phi) is 8.10. The lowest BCUT2D eigenvalue weighted by Gasteiger charge is -2.38. The minimum atomic E-state index is -4.55. The van der Waals surface area contributed by atoms with E-state index in [9.17, 15) is 13.2 Å². The molecule has 3 aromatic heterocycles. The normalized spacial score (nSPS) is 16.9. The van der Waals surface area contributed by atoms with Crippen molar-refractivity contribution in [2.75, 3.05) is 37.1 Å². The highest BCUT2D eigenvalue weighted by Crippen LogP contribution is 2.43. The van der Waals surface area contributed by atoms with Gasteiger partial charge in [-0.3, -0.25) is 0 Å². The first-order chi connectivity index (χ1) is 20.7. The summed E-state index contributed by atoms with van der Waals surface area (Å²) in [6.07, 6.45) is 1.20. The van der Waals surface area contributed by atoms with Gasteiger partial charge in [-0.1, -0.05) is 33.1 Å². The Morgan fingerprint density at radius 2 is 1.77 bits per heavy atom. The Balaban J connectivity index is 1.43. The number of hydrogen-bond donors (Lipinski definition) is 0. The zero-order chi connectivity index (χ0) is 30.3. The second-order valence-electron chi connectivity index (χ2n) is 11.0. The van der Waals surface area contributed by atoms with E-state index in [1.54, 1.807) is 25.6 Å². The van der Waals surface area contributed by atoms with Crippen LogP contribution in [0.3, 0.4) is 0 Å². The van der Waals surface area contributed by atoms with Crippen LogP contribution < -0.4 is 19.3 Å². The lowest BCUT2D eigenvalue weighted by Crippen LogP contribution is -2.38. The number of hydrogen-bond acceptors (Lipinski definition) is 9. The van der Waals surface area contributed by atoms with Crippen LogP contribution in [0.15, 0.2) is 18.2 Å². The first-order valence-corrected chi connectivity index (χ1v) is 15.6. The molecule has 43 heavy (non-hydrogen) atoms. The molecule has 0 N–H and O–H groups in total. The number of thiophene rings is 1. The zero-order valence-electron chi connectivity index (χ0n) is 24.9. The van der Waals surface area contributed by atoms with E-state index in [-0.39, 0.29) is 25.0 Å². The molecule has 0 saturated heterocycles. The van der Waals surface area contributed by atoms with Gasteiger partial charge in [0.25, 0.3) is 0 Å². The van der Waals surface area contributed by atoms with Crippen molar-refractivity contribution in [1.82, 2.24) is 24.7 Å². The van der Waals surface area contributed by atoms with Gasteiger partial charge in [0.1, 0.15) is 10.6 Å². The number of rotatable bonds is 9. The van der Waals surface area contributed by atoms with E-state index in [0.717, 1.165) is 66.9 Å². The van der Waals surface area contributed by atoms with Crippen molar-refractivity contribution >= 4 is 33.3 Å². The average Bonchev–Trinajstić information content (AvgIpc) is 3.62. The maximum atomic E-state index is 13.5. The number of benzene rings is 1. The Bertz CT molecular complexity index is 1620. The quantitative estimate of drug-likeness (QED) is 0.209. The number of fused-ring (bicyclic) bond motifs is 3. The van der Waals surface area contributed by atoms with E-state index in [2.05, 4.69) is 47.1 Å². The van der Waals surface area contributed by atoms with Gasteiger partial charge in [0, 0.05) is 24.5 Å². The molecule has 0 saturated carbocycles. The minimum absolute atomic E-state index is 0.0441. The number of alkyl halides is 3. The minimum Gasteiger partial charge on any atom is -0.493 e. The smallest absolute Gasteiger partial charge is 0.451 e. The number of halogens is 3. The summed E-state index contributed by atoms with van der Waals surface area (Å²) in [6.45, 7) is 5.74. The van der Waals surface area contributed by atoms with Crippen LogP contribution in [0, 0.1) is 0 Å². The third kappa shape index (κ3) is 5.47. The summed E-state index contributed by atoms with van der Waals surface area (Å²) >= 11 is 1.66. The molecule has 1 aromatic carbocycles. The van der Waals surface area contributed by atoms with Crippen molar-refractivity contribution in [3.8, 4) is 11.5 Å². The molecule has 1 unspecified atom stereocenters. The number of unbranched alkanes of at least 4 members (excludes halogenated alkanes) is 1. The average molecular weight is 616 g/mol. The highest BCUT2D eigenvalue weighted by Gasteiger charge is 2.40. The van der Waals surface area contributed by atoms with E-state index >= 15 is 0 Å². The van der Waals surface area contributed by atoms with Gasteiger partial charge in [-0.25, -0.2) is 4.98 Å². The monoisotopic (exact) mass is 615 g/mol. The van der Waals surface area contributed by atoms with Crippen molar-refractivity contribution < 1.29 is 22.6 Å². The second kappa shape index (κ2) is 11.8. The summed E-state index contributed by atoms with van der Waals surface area (Å²) < 4.78 is 53.0. The Labute approximate surface area is 252 Å². The zero-order valence-corrected chi connectivity index (χ0v) is 25.7. The van der Waals surface area contributed by atoms with E-state index in [0.29, 0.717) is 18.2 Å². The van der Waals surface area contributed by atoms with Crippen molar-refractivity contribution in [1.29, 1.82) is 0 Å². The molecular formula is C30H36F3N7O2S. The predicted octanol–water partition coefficient (Wildman–Crippen LogP) is 6.59. The van der Waals surface area contributed by atoms with Gasteiger partial charge >= 0.3 is 6.18 Å². The fraction of sp³-hybridized carbons (Fsp3) is 0.533. The molecule has 0 bridgehead atoms. The van der Waals surface area contributed by atoms with Crippen LogP contribution in [0.5, 0.6) is 11.5 Å². The van der Waals surface area contributed by atoms with E-state index in [1.165, 1.54) is 20.6 Å². The molecule has 0 radical (unpaired) electrons. The number of anilines is 2. The number of aryl methyl sites for hydroxylation is 1. The highest BCUT2D eigenvalue weighted by atomic mass is 32.1. The summed E-state index contributed by atoms with van der Waals surface area (Å²) in [5.74, 6) is 2.11. The predicted molar refractivity (Wildman–Crippen MR) is 160 cm³/mol. The second-order valence-corrected chi connectivity index (χ2v) is 12.2. The van der Waals surface area contributed by atoms with Crippen LogP contribution >= 0.6 is 11.3 Å². The topological polar surface area (TPSA) is 81.4 Å². The van der Waals surface area contributed by atoms with Crippen molar-refractivity contribution in [2.24, 2.45) is 0 Å². The summed E-state index contributed by atoms with van der Waals surface area (Å²) in [4.78, 5) is 16.7.